The smallest absolute Gasteiger partial charge is 0.180 e. The van der Waals surface area contributed by atoms with Gasteiger partial charge in [-0.2, -0.15) is 0 Å². The Morgan fingerprint density at radius 1 is 1.00 bits per heavy atom. The average molecular weight is 388 g/mol. The van der Waals surface area contributed by atoms with Crippen molar-refractivity contribution in [2.24, 2.45) is 0 Å². The van der Waals surface area contributed by atoms with Crippen molar-refractivity contribution in [1.29, 1.82) is 0 Å². The number of aromatic nitrogens is 3. The Kier molecular flexibility index (Phi) is 4.54. The molecule has 1 fully saturated rings. The number of anilines is 1. The summed E-state index contributed by atoms with van der Waals surface area (Å²) in [6.07, 6.45) is 3.99. The van der Waals surface area contributed by atoms with Crippen molar-refractivity contribution < 1.29 is 9.47 Å². The van der Waals surface area contributed by atoms with Crippen molar-refractivity contribution in [1.82, 2.24) is 15.0 Å². The van der Waals surface area contributed by atoms with Crippen LogP contribution in [0, 0.1) is 13.8 Å². The van der Waals surface area contributed by atoms with E-state index in [1.165, 1.54) is 5.56 Å². The van der Waals surface area contributed by atoms with Crippen molar-refractivity contribution in [3.63, 3.8) is 0 Å². The molecule has 2 aliphatic heterocycles. The Morgan fingerprint density at radius 3 is 2.69 bits per heavy atom. The summed E-state index contributed by atoms with van der Waals surface area (Å²) < 4.78 is 11.5. The van der Waals surface area contributed by atoms with Crippen molar-refractivity contribution in [3.05, 3.63) is 59.4 Å². The van der Waals surface area contributed by atoms with Crippen molar-refractivity contribution >= 4 is 5.82 Å². The number of rotatable bonds is 3. The van der Waals surface area contributed by atoms with Crippen molar-refractivity contribution in [3.8, 4) is 23.0 Å². The zero-order chi connectivity index (χ0) is 19.8. The molecule has 0 aliphatic carbocycles. The Morgan fingerprint density at radius 2 is 1.86 bits per heavy atom. The third kappa shape index (κ3) is 3.28. The van der Waals surface area contributed by atoms with Gasteiger partial charge in [0.2, 0.25) is 0 Å². The van der Waals surface area contributed by atoms with Gasteiger partial charge in [-0.05, 0) is 56.5 Å². The number of nitrogens with zero attached hydrogens (tertiary/aromatic N) is 4. The predicted octanol–water partition coefficient (Wildman–Crippen LogP) is 4.27. The van der Waals surface area contributed by atoms with Gasteiger partial charge in [0.25, 0.3) is 0 Å². The molecule has 1 saturated heterocycles. The van der Waals surface area contributed by atoms with E-state index in [9.17, 15) is 0 Å². The molecule has 29 heavy (non-hydrogen) atoms. The summed E-state index contributed by atoms with van der Waals surface area (Å²) in [5.41, 5.74) is 4.14. The molecule has 0 radical (unpaired) electrons. The van der Waals surface area contributed by atoms with E-state index in [0.29, 0.717) is 19.0 Å². The van der Waals surface area contributed by atoms with Gasteiger partial charge < -0.3 is 14.4 Å². The van der Waals surface area contributed by atoms with Crippen LogP contribution in [-0.4, -0.2) is 34.7 Å². The molecule has 2 aromatic heterocycles. The first-order chi connectivity index (χ1) is 14.2. The van der Waals surface area contributed by atoms with Crippen molar-refractivity contribution in [2.45, 2.75) is 32.7 Å². The molecule has 0 amide bonds. The molecule has 0 spiro atoms. The summed E-state index contributed by atoms with van der Waals surface area (Å²) in [6, 6.07) is 12.4. The van der Waals surface area contributed by atoms with E-state index in [-0.39, 0.29) is 6.04 Å². The van der Waals surface area contributed by atoms with E-state index in [2.05, 4.69) is 28.9 Å². The maximum absolute atomic E-state index is 5.81. The van der Waals surface area contributed by atoms with Crippen LogP contribution in [0.5, 0.6) is 11.5 Å². The summed E-state index contributed by atoms with van der Waals surface area (Å²) in [5.74, 6) is 3.34. The predicted molar refractivity (Wildman–Crippen MR) is 111 cm³/mol. The van der Waals surface area contributed by atoms with Crippen LogP contribution in [0.3, 0.4) is 0 Å². The Labute approximate surface area is 170 Å². The Bertz CT molecular complexity index is 1040. The number of hydrogen-bond donors (Lipinski definition) is 0. The van der Waals surface area contributed by atoms with E-state index in [4.69, 9.17) is 19.4 Å². The number of benzene rings is 1. The van der Waals surface area contributed by atoms with Gasteiger partial charge in [0.1, 0.15) is 24.7 Å². The number of aryl methyl sites for hydroxylation is 1. The Hall–Kier alpha value is -3.15. The molecular weight excluding hydrogens is 364 g/mol. The highest BCUT2D eigenvalue weighted by Crippen LogP contribution is 2.41. The summed E-state index contributed by atoms with van der Waals surface area (Å²) in [4.78, 5) is 16.5. The van der Waals surface area contributed by atoms with Gasteiger partial charge in [-0.25, -0.2) is 9.97 Å². The Balaban J connectivity index is 1.54. The van der Waals surface area contributed by atoms with Gasteiger partial charge in [-0.3, -0.25) is 4.98 Å². The molecule has 0 bridgehead atoms. The number of pyridine rings is 1. The van der Waals surface area contributed by atoms with Crippen LogP contribution in [0.1, 0.15) is 35.7 Å². The molecule has 1 aromatic carbocycles. The van der Waals surface area contributed by atoms with Crippen LogP contribution in [0.2, 0.25) is 0 Å². The summed E-state index contributed by atoms with van der Waals surface area (Å²) in [6.45, 7) is 6.33. The molecule has 1 atom stereocenters. The molecule has 148 valence electrons. The maximum Gasteiger partial charge on any atom is 0.180 e. The lowest BCUT2D eigenvalue weighted by Gasteiger charge is -2.29. The van der Waals surface area contributed by atoms with E-state index in [1.807, 2.05) is 31.2 Å². The largest absolute Gasteiger partial charge is 0.486 e. The molecule has 5 rings (SSSR count). The first-order valence-electron chi connectivity index (χ1n) is 10.1. The third-order valence-corrected chi connectivity index (χ3v) is 5.73. The molecular formula is C23H24N4O2. The van der Waals surface area contributed by atoms with Gasteiger partial charge in [0.15, 0.2) is 17.3 Å². The van der Waals surface area contributed by atoms with Crippen LogP contribution in [0.4, 0.5) is 5.82 Å². The van der Waals surface area contributed by atoms with Gasteiger partial charge in [-0.1, -0.05) is 12.1 Å². The second kappa shape index (κ2) is 7.35. The average Bonchev–Trinajstić information content (AvgIpc) is 3.25. The minimum atomic E-state index is 0.260. The fourth-order valence-electron chi connectivity index (χ4n) is 4.14. The van der Waals surface area contributed by atoms with E-state index < -0.39 is 0 Å². The lowest BCUT2D eigenvalue weighted by molar-refractivity contribution is 0.171. The zero-order valence-electron chi connectivity index (χ0n) is 16.8. The maximum atomic E-state index is 5.81. The van der Waals surface area contributed by atoms with Gasteiger partial charge >= 0.3 is 0 Å². The summed E-state index contributed by atoms with van der Waals surface area (Å²) in [7, 11) is 0. The quantitative estimate of drug-likeness (QED) is 0.668. The highest BCUT2D eigenvalue weighted by molar-refractivity contribution is 5.59. The van der Waals surface area contributed by atoms with E-state index in [0.717, 1.165) is 53.7 Å². The zero-order valence-corrected chi connectivity index (χ0v) is 16.8. The molecule has 6 nitrogen and oxygen atoms in total. The monoisotopic (exact) mass is 388 g/mol. The molecule has 2 aliphatic rings. The lowest BCUT2D eigenvalue weighted by atomic mass is 10.0. The van der Waals surface area contributed by atoms with Crippen LogP contribution in [0.15, 0.2) is 42.6 Å². The topological polar surface area (TPSA) is 60.4 Å². The molecule has 1 unspecified atom stereocenters. The van der Waals surface area contributed by atoms with Gasteiger partial charge in [0, 0.05) is 24.0 Å². The second-order valence-electron chi connectivity index (χ2n) is 7.55. The van der Waals surface area contributed by atoms with Crippen molar-refractivity contribution in [2.75, 3.05) is 24.7 Å². The number of ether oxygens (including phenoxy) is 2. The van der Waals surface area contributed by atoms with Crippen LogP contribution >= 0.6 is 0 Å². The van der Waals surface area contributed by atoms with Crippen LogP contribution in [0.25, 0.3) is 11.5 Å². The number of hydrogen-bond acceptors (Lipinski definition) is 6. The molecule has 4 heterocycles. The van der Waals surface area contributed by atoms with Gasteiger partial charge in [-0.15, -0.1) is 0 Å². The standard InChI is InChI=1S/C23H24N4O2/c1-15-16(2)25-22(18-6-3-4-10-24-18)26-23(15)27-11-5-7-19(27)17-8-9-20-21(14-17)29-13-12-28-20/h3-4,6,8-10,14,19H,5,7,11-13H2,1-2H3. The number of fused-ring (bicyclic) bond motifs is 1. The first kappa shape index (κ1) is 17.9. The third-order valence-electron chi connectivity index (χ3n) is 5.73. The summed E-state index contributed by atoms with van der Waals surface area (Å²) >= 11 is 0. The normalized spacial score (nSPS) is 18.1. The van der Waals surface area contributed by atoms with Crippen LogP contribution < -0.4 is 14.4 Å². The molecule has 0 saturated carbocycles. The minimum Gasteiger partial charge on any atom is -0.486 e. The summed E-state index contributed by atoms with van der Waals surface area (Å²) in [5, 5.41) is 0. The fourth-order valence-corrected chi connectivity index (χ4v) is 4.14. The molecule has 6 heteroatoms. The molecule has 3 aromatic rings. The fraction of sp³-hybridized carbons (Fsp3) is 0.348. The van der Waals surface area contributed by atoms with Crippen LogP contribution in [-0.2, 0) is 0 Å². The van der Waals surface area contributed by atoms with E-state index >= 15 is 0 Å². The first-order valence-corrected chi connectivity index (χ1v) is 10.1. The lowest BCUT2D eigenvalue weighted by Crippen LogP contribution is -2.25. The molecule has 0 N–H and O–H groups in total. The van der Waals surface area contributed by atoms with E-state index in [1.54, 1.807) is 6.20 Å². The highest BCUT2D eigenvalue weighted by Gasteiger charge is 2.30. The SMILES string of the molecule is Cc1nc(-c2ccccn2)nc(N2CCCC2c2ccc3c(c2)OCCO3)c1C. The van der Waals surface area contributed by atoms with Gasteiger partial charge in [0.05, 0.1) is 6.04 Å². The minimum absolute atomic E-state index is 0.260. The second-order valence-corrected chi connectivity index (χ2v) is 7.55. The highest BCUT2D eigenvalue weighted by atomic mass is 16.6.